The van der Waals surface area contributed by atoms with E-state index in [0.29, 0.717) is 0 Å². The molecule has 0 radical (unpaired) electrons. The number of hydrogen-bond donors (Lipinski definition) is 1. The molecule has 0 saturated carbocycles. The topological polar surface area (TPSA) is 89.7 Å². The average molecular weight is 326 g/mol. The van der Waals surface area contributed by atoms with Gasteiger partial charge in [-0.05, 0) is 11.6 Å². The highest BCUT2D eigenvalue weighted by atomic mass is 79.9. The molecule has 1 aromatic carbocycles. The van der Waals surface area contributed by atoms with E-state index in [2.05, 4.69) is 20.7 Å². The number of rotatable bonds is 5. The van der Waals surface area contributed by atoms with Crippen LogP contribution in [0.3, 0.4) is 0 Å². The second kappa shape index (κ2) is 5.71. The van der Waals surface area contributed by atoms with Crippen molar-refractivity contribution in [2.45, 2.75) is 11.9 Å². The van der Waals surface area contributed by atoms with Gasteiger partial charge in [0.1, 0.15) is 5.56 Å². The lowest BCUT2D eigenvalue weighted by atomic mass is 10.1. The molecule has 0 atom stereocenters. The highest BCUT2D eigenvalue weighted by Crippen LogP contribution is 2.34. The van der Waals surface area contributed by atoms with Gasteiger partial charge in [-0.3, -0.25) is 10.1 Å². The summed E-state index contributed by atoms with van der Waals surface area (Å²) in [6, 6.07) is 2.00. The van der Waals surface area contributed by atoms with E-state index in [1.807, 2.05) is 0 Å². The number of hydrogen-bond acceptors (Lipinski definition) is 4. The Bertz CT molecular complexity index is 459. The molecule has 6 nitrogen and oxygen atoms in total. The molecule has 18 heavy (non-hydrogen) atoms. The fraction of sp³-hybridized carbons (Fsp3) is 0.222. The van der Waals surface area contributed by atoms with Crippen molar-refractivity contribution in [1.82, 2.24) is 0 Å². The maximum Gasteiger partial charge on any atom is 0.387 e. The molecule has 9 heteroatoms. The number of aromatic carboxylic acids is 1. The van der Waals surface area contributed by atoms with E-state index in [0.717, 1.165) is 12.1 Å². The van der Waals surface area contributed by atoms with Crippen molar-refractivity contribution in [3.05, 3.63) is 33.4 Å². The van der Waals surface area contributed by atoms with Crippen LogP contribution in [0.1, 0.15) is 15.9 Å². The molecule has 1 aromatic rings. The molecule has 0 unspecified atom stereocenters. The van der Waals surface area contributed by atoms with Crippen LogP contribution in [0.4, 0.5) is 14.5 Å². The molecule has 0 spiro atoms. The number of nitrogens with zero attached hydrogens (tertiary/aromatic N) is 1. The fourth-order valence-electron chi connectivity index (χ4n) is 1.26. The smallest absolute Gasteiger partial charge is 0.387 e. The number of carbonyl (C=O) groups is 1. The van der Waals surface area contributed by atoms with Gasteiger partial charge in [-0.15, -0.1) is 0 Å². The number of benzene rings is 1. The summed E-state index contributed by atoms with van der Waals surface area (Å²) >= 11 is 2.99. The molecule has 0 amide bonds. The highest BCUT2D eigenvalue weighted by molar-refractivity contribution is 9.08. The number of ether oxygens (including phenoxy) is 1. The van der Waals surface area contributed by atoms with Crippen molar-refractivity contribution in [1.29, 1.82) is 0 Å². The molecule has 0 fully saturated rings. The molecule has 0 bridgehead atoms. The van der Waals surface area contributed by atoms with Crippen molar-refractivity contribution in [3.8, 4) is 5.75 Å². The first-order valence-corrected chi connectivity index (χ1v) is 5.54. The lowest BCUT2D eigenvalue weighted by Gasteiger charge is -2.09. The minimum absolute atomic E-state index is 0.142. The highest BCUT2D eigenvalue weighted by Gasteiger charge is 2.27. The van der Waals surface area contributed by atoms with Crippen molar-refractivity contribution in [2.75, 3.05) is 0 Å². The summed E-state index contributed by atoms with van der Waals surface area (Å²) in [6.45, 7) is -3.35. The Morgan fingerprint density at radius 2 is 2.17 bits per heavy atom. The summed E-state index contributed by atoms with van der Waals surface area (Å²) < 4.78 is 28.2. The third-order valence-corrected chi connectivity index (χ3v) is 2.56. The fourth-order valence-corrected chi connectivity index (χ4v) is 1.58. The van der Waals surface area contributed by atoms with E-state index < -0.39 is 34.5 Å². The minimum Gasteiger partial charge on any atom is -0.478 e. The molecule has 0 aromatic heterocycles. The lowest BCUT2D eigenvalue weighted by Crippen LogP contribution is -2.10. The first kappa shape index (κ1) is 14.3. The van der Waals surface area contributed by atoms with Crippen LogP contribution >= 0.6 is 15.9 Å². The van der Waals surface area contributed by atoms with Gasteiger partial charge in [0.15, 0.2) is 0 Å². The Kier molecular flexibility index (Phi) is 4.54. The normalized spacial score (nSPS) is 10.4. The Morgan fingerprint density at radius 1 is 1.56 bits per heavy atom. The van der Waals surface area contributed by atoms with Crippen LogP contribution in [0, 0.1) is 10.1 Å². The SMILES string of the molecule is O=C(O)c1cc(CBr)cc([N+](=O)[O-])c1OC(F)F. The number of nitro benzene ring substituents is 1. The van der Waals surface area contributed by atoms with Crippen LogP contribution in [-0.4, -0.2) is 22.6 Å². The van der Waals surface area contributed by atoms with Gasteiger partial charge in [0, 0.05) is 11.4 Å². The van der Waals surface area contributed by atoms with Crippen LogP contribution in [0.2, 0.25) is 0 Å². The first-order chi connectivity index (χ1) is 8.36. The van der Waals surface area contributed by atoms with Crippen LogP contribution in [0.5, 0.6) is 5.75 Å². The zero-order valence-corrected chi connectivity index (χ0v) is 10.2. The molecular formula is C9H6BrF2NO5. The molecule has 98 valence electrons. The van der Waals surface area contributed by atoms with Gasteiger partial charge in [-0.1, -0.05) is 15.9 Å². The minimum atomic E-state index is -3.35. The van der Waals surface area contributed by atoms with Crippen LogP contribution in [-0.2, 0) is 5.33 Å². The number of carboxylic acid groups (broad SMARTS) is 1. The van der Waals surface area contributed by atoms with Crippen molar-refractivity contribution in [3.63, 3.8) is 0 Å². The predicted octanol–water partition coefficient (Wildman–Crippen LogP) is 2.79. The van der Waals surface area contributed by atoms with Crippen molar-refractivity contribution in [2.24, 2.45) is 0 Å². The van der Waals surface area contributed by atoms with E-state index in [1.54, 1.807) is 0 Å². The molecule has 0 saturated heterocycles. The Labute approximate surface area is 107 Å². The summed E-state index contributed by atoms with van der Waals surface area (Å²) in [7, 11) is 0. The van der Waals surface area contributed by atoms with Crippen LogP contribution in [0.25, 0.3) is 0 Å². The van der Waals surface area contributed by atoms with Gasteiger partial charge >= 0.3 is 18.3 Å². The average Bonchev–Trinajstić information content (AvgIpc) is 2.27. The largest absolute Gasteiger partial charge is 0.478 e. The zero-order valence-electron chi connectivity index (χ0n) is 8.60. The lowest BCUT2D eigenvalue weighted by molar-refractivity contribution is -0.386. The molecule has 0 aliphatic heterocycles. The number of carboxylic acids is 1. The summed E-state index contributed by atoms with van der Waals surface area (Å²) in [5.41, 5.74) is -1.23. The Morgan fingerprint density at radius 3 is 2.56 bits per heavy atom. The molecule has 0 heterocycles. The van der Waals surface area contributed by atoms with Crippen LogP contribution < -0.4 is 4.74 Å². The maximum absolute atomic E-state index is 12.1. The van der Waals surface area contributed by atoms with E-state index in [1.165, 1.54) is 0 Å². The summed E-state index contributed by atoms with van der Waals surface area (Å²) in [5.74, 6) is -2.54. The van der Waals surface area contributed by atoms with Crippen molar-refractivity contribution < 1.29 is 28.3 Å². The maximum atomic E-state index is 12.1. The second-order valence-corrected chi connectivity index (χ2v) is 3.63. The first-order valence-electron chi connectivity index (χ1n) is 4.42. The van der Waals surface area contributed by atoms with Gasteiger partial charge in [0.2, 0.25) is 5.75 Å². The number of alkyl halides is 3. The van der Waals surface area contributed by atoms with Crippen molar-refractivity contribution >= 4 is 27.6 Å². The monoisotopic (exact) mass is 325 g/mol. The zero-order chi connectivity index (χ0) is 13.9. The Hall–Kier alpha value is -1.77. The number of halogens is 3. The quantitative estimate of drug-likeness (QED) is 0.510. The third-order valence-electron chi connectivity index (χ3n) is 1.92. The summed E-state index contributed by atoms with van der Waals surface area (Å²) in [5, 5.41) is 19.7. The van der Waals surface area contributed by atoms with Gasteiger partial charge in [0.05, 0.1) is 4.92 Å². The van der Waals surface area contributed by atoms with Gasteiger partial charge in [0.25, 0.3) is 0 Å². The van der Waals surface area contributed by atoms with Crippen LogP contribution in [0.15, 0.2) is 12.1 Å². The third kappa shape index (κ3) is 3.13. The van der Waals surface area contributed by atoms with E-state index in [9.17, 15) is 23.7 Å². The molecule has 1 N–H and O–H groups in total. The predicted molar refractivity (Wildman–Crippen MR) is 59.3 cm³/mol. The summed E-state index contributed by atoms with van der Waals surface area (Å²) in [6.07, 6.45) is 0. The summed E-state index contributed by atoms with van der Waals surface area (Å²) in [4.78, 5) is 20.6. The van der Waals surface area contributed by atoms with Gasteiger partial charge in [-0.2, -0.15) is 8.78 Å². The Balaban J connectivity index is 3.49. The molecular weight excluding hydrogens is 320 g/mol. The standard InChI is InChI=1S/C9H6BrF2NO5/c10-3-4-1-5(8(14)15)7(18-9(11)12)6(2-4)13(16)17/h1-2,9H,3H2,(H,14,15). The van der Waals surface area contributed by atoms with Gasteiger partial charge in [-0.25, -0.2) is 4.79 Å². The van der Waals surface area contributed by atoms with E-state index in [-0.39, 0.29) is 10.9 Å². The number of nitro groups is 1. The second-order valence-electron chi connectivity index (χ2n) is 3.07. The molecule has 1 rings (SSSR count). The molecule has 0 aliphatic carbocycles. The molecule has 0 aliphatic rings. The van der Waals surface area contributed by atoms with E-state index in [4.69, 9.17) is 5.11 Å². The van der Waals surface area contributed by atoms with E-state index >= 15 is 0 Å². The van der Waals surface area contributed by atoms with Gasteiger partial charge < -0.3 is 9.84 Å².